The lowest BCUT2D eigenvalue weighted by Crippen LogP contribution is -2.12. The van der Waals surface area contributed by atoms with E-state index in [0.717, 1.165) is 22.6 Å². The Labute approximate surface area is 94.5 Å². The Kier molecular flexibility index (Phi) is 3.10. The second-order valence-corrected chi connectivity index (χ2v) is 3.84. The Hall–Kier alpha value is -1.55. The SMILES string of the molecule is COc1ccc(C2=NOC(CO)C2)cc1C. The highest BCUT2D eigenvalue weighted by Crippen LogP contribution is 2.22. The molecule has 16 heavy (non-hydrogen) atoms. The van der Waals surface area contributed by atoms with Gasteiger partial charge >= 0.3 is 0 Å². The van der Waals surface area contributed by atoms with Gasteiger partial charge in [-0.25, -0.2) is 0 Å². The van der Waals surface area contributed by atoms with Crippen LogP contribution in [0.5, 0.6) is 5.75 Å². The van der Waals surface area contributed by atoms with Crippen LogP contribution in [0.2, 0.25) is 0 Å². The molecular weight excluding hydrogens is 206 g/mol. The lowest BCUT2D eigenvalue weighted by Gasteiger charge is -2.06. The first-order valence-electron chi connectivity index (χ1n) is 5.23. The summed E-state index contributed by atoms with van der Waals surface area (Å²) < 4.78 is 5.19. The Morgan fingerprint density at radius 2 is 2.38 bits per heavy atom. The van der Waals surface area contributed by atoms with Gasteiger partial charge in [0.05, 0.1) is 19.4 Å². The summed E-state index contributed by atoms with van der Waals surface area (Å²) in [5.74, 6) is 0.863. The monoisotopic (exact) mass is 221 g/mol. The molecule has 1 atom stereocenters. The number of aliphatic hydroxyl groups excluding tert-OH is 1. The molecule has 0 radical (unpaired) electrons. The largest absolute Gasteiger partial charge is 0.496 e. The summed E-state index contributed by atoms with van der Waals surface area (Å²) in [7, 11) is 1.65. The van der Waals surface area contributed by atoms with Crippen LogP contribution in [0.4, 0.5) is 0 Å². The Morgan fingerprint density at radius 1 is 1.56 bits per heavy atom. The van der Waals surface area contributed by atoms with E-state index >= 15 is 0 Å². The van der Waals surface area contributed by atoms with E-state index in [1.165, 1.54) is 0 Å². The molecule has 1 aromatic carbocycles. The van der Waals surface area contributed by atoms with Gasteiger partial charge in [0.25, 0.3) is 0 Å². The van der Waals surface area contributed by atoms with E-state index < -0.39 is 0 Å². The van der Waals surface area contributed by atoms with Crippen molar-refractivity contribution in [3.05, 3.63) is 29.3 Å². The standard InChI is InChI=1S/C12H15NO3/c1-8-5-9(3-4-12(8)15-2)11-6-10(7-14)16-13-11/h3-5,10,14H,6-7H2,1-2H3. The zero-order chi connectivity index (χ0) is 11.5. The van der Waals surface area contributed by atoms with Crippen LogP contribution in [-0.2, 0) is 4.84 Å². The molecule has 1 aliphatic heterocycles. The second kappa shape index (κ2) is 4.53. The molecule has 1 N–H and O–H groups in total. The van der Waals surface area contributed by atoms with Crippen LogP contribution < -0.4 is 4.74 Å². The molecule has 0 amide bonds. The molecule has 1 aromatic rings. The number of hydrogen-bond acceptors (Lipinski definition) is 4. The van der Waals surface area contributed by atoms with Crippen LogP contribution in [-0.4, -0.2) is 30.6 Å². The average molecular weight is 221 g/mol. The predicted octanol–water partition coefficient (Wildman–Crippen LogP) is 1.49. The molecule has 1 aliphatic rings. The molecule has 0 aromatic heterocycles. The molecule has 0 fully saturated rings. The summed E-state index contributed by atoms with van der Waals surface area (Å²) in [4.78, 5) is 5.07. The van der Waals surface area contributed by atoms with Gasteiger partial charge in [0.2, 0.25) is 0 Å². The zero-order valence-electron chi connectivity index (χ0n) is 9.43. The molecule has 0 spiro atoms. The quantitative estimate of drug-likeness (QED) is 0.841. The van der Waals surface area contributed by atoms with Crippen molar-refractivity contribution in [2.75, 3.05) is 13.7 Å². The molecular formula is C12H15NO3. The molecule has 1 unspecified atom stereocenters. The molecule has 86 valence electrons. The summed E-state index contributed by atoms with van der Waals surface area (Å²) in [6.07, 6.45) is 0.458. The second-order valence-electron chi connectivity index (χ2n) is 3.84. The summed E-state index contributed by atoms with van der Waals surface area (Å²) in [5.41, 5.74) is 2.97. The van der Waals surface area contributed by atoms with E-state index in [0.29, 0.717) is 6.42 Å². The van der Waals surface area contributed by atoms with Gasteiger partial charge in [-0.3, -0.25) is 0 Å². The first-order valence-corrected chi connectivity index (χ1v) is 5.23. The Morgan fingerprint density at radius 3 is 2.94 bits per heavy atom. The topological polar surface area (TPSA) is 51.0 Å². The van der Waals surface area contributed by atoms with Gasteiger partial charge in [-0.05, 0) is 36.2 Å². The van der Waals surface area contributed by atoms with Crippen LogP contribution >= 0.6 is 0 Å². The van der Waals surface area contributed by atoms with Crippen molar-refractivity contribution in [3.63, 3.8) is 0 Å². The maximum Gasteiger partial charge on any atom is 0.156 e. The number of hydrogen-bond donors (Lipinski definition) is 1. The maximum atomic E-state index is 8.95. The van der Waals surface area contributed by atoms with Crippen molar-refractivity contribution < 1.29 is 14.7 Å². The van der Waals surface area contributed by atoms with E-state index in [2.05, 4.69) is 5.16 Å². The molecule has 0 saturated carbocycles. The number of methoxy groups -OCH3 is 1. The van der Waals surface area contributed by atoms with Gasteiger partial charge in [0, 0.05) is 6.42 Å². The molecule has 4 nitrogen and oxygen atoms in total. The van der Waals surface area contributed by atoms with E-state index in [-0.39, 0.29) is 12.7 Å². The number of ether oxygens (including phenoxy) is 1. The zero-order valence-corrected chi connectivity index (χ0v) is 9.43. The Bertz CT molecular complexity index is 415. The third-order valence-electron chi connectivity index (χ3n) is 2.66. The average Bonchev–Trinajstić information content (AvgIpc) is 2.77. The summed E-state index contributed by atoms with van der Waals surface area (Å²) in [6, 6.07) is 5.88. The smallest absolute Gasteiger partial charge is 0.156 e. The summed E-state index contributed by atoms with van der Waals surface area (Å²) >= 11 is 0. The fourth-order valence-electron chi connectivity index (χ4n) is 1.75. The third-order valence-corrected chi connectivity index (χ3v) is 2.66. The predicted molar refractivity (Wildman–Crippen MR) is 60.8 cm³/mol. The number of aliphatic hydroxyl groups is 1. The van der Waals surface area contributed by atoms with Crippen molar-refractivity contribution >= 4 is 5.71 Å². The first-order chi connectivity index (χ1) is 7.74. The number of oxime groups is 1. The summed E-state index contributed by atoms with van der Waals surface area (Å²) in [5, 5.41) is 12.9. The minimum atomic E-state index is -0.197. The molecule has 4 heteroatoms. The van der Waals surface area contributed by atoms with Crippen LogP contribution in [0.1, 0.15) is 17.5 Å². The van der Waals surface area contributed by atoms with E-state index in [1.54, 1.807) is 7.11 Å². The number of aryl methyl sites for hydroxylation is 1. The van der Waals surface area contributed by atoms with Gasteiger partial charge in [-0.1, -0.05) is 5.16 Å². The Balaban J connectivity index is 2.20. The number of benzene rings is 1. The van der Waals surface area contributed by atoms with Crippen molar-refractivity contribution in [1.29, 1.82) is 0 Å². The normalized spacial score (nSPS) is 19.2. The van der Waals surface area contributed by atoms with Crippen LogP contribution in [0.25, 0.3) is 0 Å². The fraction of sp³-hybridized carbons (Fsp3) is 0.417. The minimum Gasteiger partial charge on any atom is -0.496 e. The van der Waals surface area contributed by atoms with E-state index in [1.807, 2.05) is 25.1 Å². The van der Waals surface area contributed by atoms with Crippen LogP contribution in [0, 0.1) is 6.92 Å². The fourth-order valence-corrected chi connectivity index (χ4v) is 1.75. The van der Waals surface area contributed by atoms with Crippen molar-refractivity contribution in [2.24, 2.45) is 5.16 Å². The number of nitrogens with zero attached hydrogens (tertiary/aromatic N) is 1. The van der Waals surface area contributed by atoms with Crippen LogP contribution in [0.15, 0.2) is 23.4 Å². The lowest BCUT2D eigenvalue weighted by molar-refractivity contribution is 0.0390. The van der Waals surface area contributed by atoms with Gasteiger partial charge in [0.1, 0.15) is 5.75 Å². The van der Waals surface area contributed by atoms with Gasteiger partial charge in [-0.2, -0.15) is 0 Å². The highest BCUT2D eigenvalue weighted by atomic mass is 16.6. The molecule has 0 aliphatic carbocycles. The maximum absolute atomic E-state index is 8.95. The lowest BCUT2D eigenvalue weighted by atomic mass is 10.0. The van der Waals surface area contributed by atoms with E-state index in [4.69, 9.17) is 14.7 Å². The molecule has 2 rings (SSSR count). The van der Waals surface area contributed by atoms with E-state index in [9.17, 15) is 0 Å². The van der Waals surface area contributed by atoms with Crippen molar-refractivity contribution in [3.8, 4) is 5.75 Å². The molecule has 0 bridgehead atoms. The highest BCUT2D eigenvalue weighted by Gasteiger charge is 2.21. The first kappa shape index (κ1) is 11.0. The third kappa shape index (κ3) is 2.02. The number of rotatable bonds is 3. The van der Waals surface area contributed by atoms with Gasteiger partial charge < -0.3 is 14.7 Å². The molecule has 1 heterocycles. The highest BCUT2D eigenvalue weighted by molar-refractivity contribution is 6.01. The molecule has 0 saturated heterocycles. The van der Waals surface area contributed by atoms with Gasteiger partial charge in [0.15, 0.2) is 6.10 Å². The van der Waals surface area contributed by atoms with Gasteiger partial charge in [-0.15, -0.1) is 0 Å². The van der Waals surface area contributed by atoms with Crippen molar-refractivity contribution in [1.82, 2.24) is 0 Å². The van der Waals surface area contributed by atoms with Crippen LogP contribution in [0.3, 0.4) is 0 Å². The summed E-state index contributed by atoms with van der Waals surface area (Å²) in [6.45, 7) is 1.99. The minimum absolute atomic E-state index is 0.00212. The van der Waals surface area contributed by atoms with Crippen molar-refractivity contribution in [2.45, 2.75) is 19.4 Å².